The summed E-state index contributed by atoms with van der Waals surface area (Å²) in [5.41, 5.74) is 3.90. The smallest absolute Gasteiger partial charge is 0.407 e. The topological polar surface area (TPSA) is 105 Å². The molecule has 0 aliphatic heterocycles. The number of hydrogen-bond donors (Lipinski definition) is 3. The van der Waals surface area contributed by atoms with Gasteiger partial charge in [0, 0.05) is 12.3 Å². The second-order valence-corrected chi connectivity index (χ2v) is 9.36. The number of rotatable bonds is 9. The van der Waals surface area contributed by atoms with E-state index in [1.165, 1.54) is 0 Å². The monoisotopic (exact) mass is 464 g/mol. The summed E-state index contributed by atoms with van der Waals surface area (Å²) in [4.78, 5) is 36.9. The predicted octanol–water partition coefficient (Wildman–Crippen LogP) is 4.60. The van der Waals surface area contributed by atoms with Gasteiger partial charge in [0.25, 0.3) is 0 Å². The van der Waals surface area contributed by atoms with Crippen LogP contribution in [0.5, 0.6) is 0 Å². The van der Waals surface area contributed by atoms with Crippen LogP contribution in [-0.4, -0.2) is 41.3 Å². The van der Waals surface area contributed by atoms with Crippen molar-refractivity contribution in [2.24, 2.45) is 0 Å². The number of carbonyl (C=O) groups excluding carboxylic acids is 2. The molecule has 7 heteroatoms. The van der Waals surface area contributed by atoms with E-state index in [0.29, 0.717) is 25.7 Å². The number of carboxylic acids is 1. The lowest BCUT2D eigenvalue weighted by atomic mass is 9.92. The van der Waals surface area contributed by atoms with Crippen molar-refractivity contribution in [2.45, 2.75) is 69.4 Å². The molecule has 2 aliphatic carbocycles. The van der Waals surface area contributed by atoms with Gasteiger partial charge in [-0.25, -0.2) is 9.59 Å². The Morgan fingerprint density at radius 3 is 2.18 bits per heavy atom. The SMILES string of the molecule is CCC[C@H](NC(=O)CC1(NC(=O)OCC2c3ccccc3-c3ccccc32)CCCC1)C(=O)O. The quantitative estimate of drug-likeness (QED) is 0.503. The average molecular weight is 465 g/mol. The van der Waals surface area contributed by atoms with Crippen molar-refractivity contribution in [3.63, 3.8) is 0 Å². The summed E-state index contributed by atoms with van der Waals surface area (Å²) in [6.07, 6.45) is 3.65. The van der Waals surface area contributed by atoms with Gasteiger partial charge in [0.1, 0.15) is 12.6 Å². The first-order chi connectivity index (χ1) is 16.4. The van der Waals surface area contributed by atoms with Gasteiger partial charge in [-0.05, 0) is 41.5 Å². The lowest BCUT2D eigenvalue weighted by molar-refractivity contribution is -0.142. The van der Waals surface area contributed by atoms with Crippen molar-refractivity contribution >= 4 is 18.0 Å². The van der Waals surface area contributed by atoms with Crippen LogP contribution >= 0.6 is 0 Å². The molecule has 3 N–H and O–H groups in total. The zero-order valence-corrected chi connectivity index (χ0v) is 19.5. The van der Waals surface area contributed by atoms with E-state index >= 15 is 0 Å². The standard InChI is InChI=1S/C27H32N2O5/c1-2-9-23(25(31)32)28-24(30)16-27(14-7-8-15-27)29-26(33)34-17-22-20-12-5-3-10-18(20)19-11-4-6-13-21(19)22/h3-6,10-13,22-23H,2,7-9,14-17H2,1H3,(H,28,30)(H,29,33)(H,31,32)/t23-/m0/s1. The Labute approximate surface area is 199 Å². The molecular weight excluding hydrogens is 432 g/mol. The number of amides is 2. The summed E-state index contributed by atoms with van der Waals surface area (Å²) >= 11 is 0. The van der Waals surface area contributed by atoms with Crippen molar-refractivity contribution < 1.29 is 24.2 Å². The minimum Gasteiger partial charge on any atom is -0.480 e. The molecule has 0 saturated heterocycles. The number of fused-ring (bicyclic) bond motifs is 3. The summed E-state index contributed by atoms with van der Waals surface area (Å²) in [5, 5.41) is 14.9. The van der Waals surface area contributed by atoms with Gasteiger partial charge in [0.2, 0.25) is 5.91 Å². The highest BCUT2D eigenvalue weighted by molar-refractivity contribution is 5.85. The highest BCUT2D eigenvalue weighted by Crippen LogP contribution is 2.44. The molecule has 0 spiro atoms. The maximum absolute atomic E-state index is 12.8. The predicted molar refractivity (Wildman–Crippen MR) is 128 cm³/mol. The van der Waals surface area contributed by atoms with E-state index < -0.39 is 23.6 Å². The molecule has 2 amide bonds. The second kappa shape index (κ2) is 10.3. The van der Waals surface area contributed by atoms with E-state index in [1.807, 2.05) is 31.2 Å². The fraction of sp³-hybridized carbons (Fsp3) is 0.444. The molecule has 0 aromatic heterocycles. The van der Waals surface area contributed by atoms with Gasteiger partial charge in [-0.15, -0.1) is 0 Å². The van der Waals surface area contributed by atoms with Crippen LogP contribution in [0.1, 0.15) is 68.9 Å². The van der Waals surface area contributed by atoms with Crippen LogP contribution in [0.25, 0.3) is 11.1 Å². The molecular formula is C27H32N2O5. The largest absolute Gasteiger partial charge is 0.480 e. The molecule has 0 radical (unpaired) electrons. The zero-order valence-electron chi connectivity index (χ0n) is 19.5. The molecule has 1 atom stereocenters. The number of aliphatic carboxylic acids is 1. The van der Waals surface area contributed by atoms with Gasteiger partial charge in [-0.2, -0.15) is 0 Å². The lowest BCUT2D eigenvalue weighted by Gasteiger charge is -2.30. The number of carbonyl (C=O) groups is 3. The van der Waals surface area contributed by atoms with Crippen LogP contribution in [0.4, 0.5) is 4.79 Å². The number of benzene rings is 2. The van der Waals surface area contributed by atoms with Crippen LogP contribution in [0, 0.1) is 0 Å². The highest BCUT2D eigenvalue weighted by Gasteiger charge is 2.39. The maximum Gasteiger partial charge on any atom is 0.407 e. The fourth-order valence-corrected chi connectivity index (χ4v) is 5.35. The summed E-state index contributed by atoms with van der Waals surface area (Å²) in [7, 11) is 0. The molecule has 1 fully saturated rings. The molecule has 2 aromatic carbocycles. The van der Waals surface area contributed by atoms with E-state index in [2.05, 4.69) is 34.9 Å². The lowest BCUT2D eigenvalue weighted by Crippen LogP contribution is -2.51. The van der Waals surface area contributed by atoms with E-state index in [-0.39, 0.29) is 24.9 Å². The third-order valence-electron chi connectivity index (χ3n) is 6.98. The van der Waals surface area contributed by atoms with Gasteiger partial charge in [-0.1, -0.05) is 74.7 Å². The third kappa shape index (κ3) is 5.08. The van der Waals surface area contributed by atoms with Gasteiger partial charge < -0.3 is 20.5 Å². The first-order valence-electron chi connectivity index (χ1n) is 12.1. The molecule has 34 heavy (non-hydrogen) atoms. The van der Waals surface area contributed by atoms with Crippen molar-refractivity contribution in [2.75, 3.05) is 6.61 Å². The number of nitrogens with one attached hydrogen (secondary N) is 2. The molecule has 0 unspecified atom stereocenters. The van der Waals surface area contributed by atoms with Crippen molar-refractivity contribution in [1.29, 1.82) is 0 Å². The van der Waals surface area contributed by atoms with Crippen LogP contribution in [-0.2, 0) is 14.3 Å². The third-order valence-corrected chi connectivity index (χ3v) is 6.98. The Bertz CT molecular complexity index is 1010. The maximum atomic E-state index is 12.8. The van der Waals surface area contributed by atoms with E-state index in [1.54, 1.807) is 0 Å². The van der Waals surface area contributed by atoms with Crippen LogP contribution in [0.15, 0.2) is 48.5 Å². The summed E-state index contributed by atoms with van der Waals surface area (Å²) in [6, 6.07) is 15.4. The zero-order chi connectivity index (χ0) is 24.1. The minimum absolute atomic E-state index is 0.0358. The minimum atomic E-state index is -1.04. The molecule has 2 aliphatic rings. The van der Waals surface area contributed by atoms with E-state index in [9.17, 15) is 19.5 Å². The molecule has 1 saturated carbocycles. The molecule has 2 aromatic rings. The Balaban J connectivity index is 1.39. The molecule has 180 valence electrons. The normalized spacial score (nSPS) is 16.9. The van der Waals surface area contributed by atoms with Crippen LogP contribution in [0.2, 0.25) is 0 Å². The molecule has 4 rings (SSSR count). The second-order valence-electron chi connectivity index (χ2n) is 9.36. The Kier molecular flexibility index (Phi) is 7.20. The van der Waals surface area contributed by atoms with Crippen LogP contribution in [0.3, 0.4) is 0 Å². The number of carboxylic acid groups (broad SMARTS) is 1. The highest BCUT2D eigenvalue weighted by atomic mass is 16.5. The Morgan fingerprint density at radius 2 is 1.62 bits per heavy atom. The van der Waals surface area contributed by atoms with E-state index in [4.69, 9.17) is 4.74 Å². The first kappa shape index (κ1) is 23.8. The summed E-state index contributed by atoms with van der Waals surface area (Å²) < 4.78 is 5.69. The Hall–Kier alpha value is -3.35. The van der Waals surface area contributed by atoms with Crippen molar-refractivity contribution in [1.82, 2.24) is 10.6 Å². The van der Waals surface area contributed by atoms with Crippen molar-refractivity contribution in [3.8, 4) is 11.1 Å². The van der Waals surface area contributed by atoms with Crippen LogP contribution < -0.4 is 10.6 Å². The van der Waals surface area contributed by atoms with E-state index in [0.717, 1.165) is 35.1 Å². The number of hydrogen-bond acceptors (Lipinski definition) is 4. The molecule has 7 nitrogen and oxygen atoms in total. The first-order valence-corrected chi connectivity index (χ1v) is 12.1. The fourth-order valence-electron chi connectivity index (χ4n) is 5.35. The number of ether oxygens (including phenoxy) is 1. The molecule has 0 heterocycles. The molecule has 0 bridgehead atoms. The summed E-state index contributed by atoms with van der Waals surface area (Å²) in [6.45, 7) is 2.08. The number of alkyl carbamates (subject to hydrolysis) is 1. The Morgan fingerprint density at radius 1 is 1.03 bits per heavy atom. The van der Waals surface area contributed by atoms with Gasteiger partial charge >= 0.3 is 12.1 Å². The van der Waals surface area contributed by atoms with Gasteiger partial charge in [0.05, 0.1) is 5.54 Å². The van der Waals surface area contributed by atoms with Gasteiger partial charge in [0.15, 0.2) is 0 Å². The summed E-state index contributed by atoms with van der Waals surface area (Å²) in [5.74, 6) is -1.44. The van der Waals surface area contributed by atoms with Crippen molar-refractivity contribution in [3.05, 3.63) is 59.7 Å². The average Bonchev–Trinajstić information content (AvgIpc) is 3.39. The van der Waals surface area contributed by atoms with Gasteiger partial charge in [-0.3, -0.25) is 4.79 Å².